The van der Waals surface area contributed by atoms with Gasteiger partial charge < -0.3 is 14.2 Å². The van der Waals surface area contributed by atoms with Crippen LogP contribution in [0.5, 0.6) is 0 Å². The number of hydrogen-bond donors (Lipinski definition) is 0. The van der Waals surface area contributed by atoms with Crippen molar-refractivity contribution < 1.29 is 28.6 Å². The molecular formula is C70H122O6. The van der Waals surface area contributed by atoms with E-state index < -0.39 is 6.10 Å². The van der Waals surface area contributed by atoms with Crippen molar-refractivity contribution in [1.29, 1.82) is 0 Å². The first-order chi connectivity index (χ1) is 37.5. The van der Waals surface area contributed by atoms with Gasteiger partial charge in [-0.3, -0.25) is 14.4 Å². The number of ether oxygens (including phenoxy) is 3. The van der Waals surface area contributed by atoms with Crippen molar-refractivity contribution in [3.8, 4) is 0 Å². The number of unbranched alkanes of at least 4 members (excludes halogenated alkanes) is 34. The lowest BCUT2D eigenvalue weighted by atomic mass is 10.0. The third kappa shape index (κ3) is 61.4. The molecule has 0 rings (SSSR count). The molecule has 0 aliphatic carbocycles. The van der Waals surface area contributed by atoms with Gasteiger partial charge in [0.25, 0.3) is 0 Å². The van der Waals surface area contributed by atoms with Crippen LogP contribution in [0.4, 0.5) is 0 Å². The van der Waals surface area contributed by atoms with Gasteiger partial charge in [0.1, 0.15) is 13.2 Å². The monoisotopic (exact) mass is 1060 g/mol. The summed E-state index contributed by atoms with van der Waals surface area (Å²) in [6.07, 6.45) is 84.6. The Morgan fingerprint density at radius 3 is 0.842 bits per heavy atom. The van der Waals surface area contributed by atoms with E-state index in [0.717, 1.165) is 103 Å². The summed E-state index contributed by atoms with van der Waals surface area (Å²) in [4.78, 5) is 38.2. The lowest BCUT2D eigenvalue weighted by Gasteiger charge is -2.18. The lowest BCUT2D eigenvalue weighted by Crippen LogP contribution is -2.30. The molecule has 1 unspecified atom stereocenters. The predicted molar refractivity (Wildman–Crippen MR) is 330 cm³/mol. The summed E-state index contributed by atoms with van der Waals surface area (Å²) in [7, 11) is 0. The molecule has 0 aromatic heterocycles. The number of esters is 3. The Hall–Kier alpha value is -3.41. The Kier molecular flexibility index (Phi) is 61.2. The Morgan fingerprint density at radius 1 is 0.276 bits per heavy atom. The first-order valence-electron chi connectivity index (χ1n) is 32.6. The van der Waals surface area contributed by atoms with Crippen molar-refractivity contribution in [3.05, 3.63) is 85.1 Å². The molecule has 0 aromatic carbocycles. The fourth-order valence-electron chi connectivity index (χ4n) is 9.27. The van der Waals surface area contributed by atoms with Gasteiger partial charge in [0.2, 0.25) is 0 Å². The van der Waals surface area contributed by atoms with Crippen LogP contribution in [0, 0.1) is 0 Å². The van der Waals surface area contributed by atoms with Gasteiger partial charge in [-0.25, -0.2) is 0 Å². The van der Waals surface area contributed by atoms with Crippen molar-refractivity contribution in [2.75, 3.05) is 13.2 Å². The minimum Gasteiger partial charge on any atom is -0.462 e. The van der Waals surface area contributed by atoms with E-state index in [1.807, 2.05) is 0 Å². The molecule has 0 amide bonds. The Bertz CT molecular complexity index is 1450. The van der Waals surface area contributed by atoms with Crippen LogP contribution < -0.4 is 0 Å². The zero-order chi connectivity index (χ0) is 55.0. The smallest absolute Gasteiger partial charge is 0.306 e. The molecule has 0 saturated heterocycles. The zero-order valence-electron chi connectivity index (χ0n) is 50.3. The van der Waals surface area contributed by atoms with Gasteiger partial charge >= 0.3 is 17.9 Å². The van der Waals surface area contributed by atoms with Crippen LogP contribution in [0.15, 0.2) is 85.1 Å². The standard InChI is InChI=1S/C70H122O6/c1-4-7-10-13-16-19-22-25-26-27-28-29-30-31-32-33-34-35-36-37-38-39-40-41-42-43-44-46-48-51-54-57-60-63-69(72)75-66-67(65-74-68(71)62-59-56-53-50-47-24-21-18-15-12-9-6-3)76-70(73)64-61-58-55-52-49-45-23-20-17-14-11-8-5-2/h7,10,16,18-19,21,25-26,28-29,31-32,34-35,67H,4-6,8-9,11-15,17,20,22-24,27,30,33,36-66H2,1-3H3/b10-7-,19-16-,21-18-,26-25-,29-28-,32-31-,35-34-. The Morgan fingerprint density at radius 2 is 0.513 bits per heavy atom. The summed E-state index contributed by atoms with van der Waals surface area (Å²) in [6, 6.07) is 0. The second-order valence-corrected chi connectivity index (χ2v) is 21.6. The van der Waals surface area contributed by atoms with Crippen molar-refractivity contribution in [2.45, 2.75) is 329 Å². The molecule has 0 heterocycles. The zero-order valence-corrected chi connectivity index (χ0v) is 50.3. The summed E-state index contributed by atoms with van der Waals surface area (Å²) in [5, 5.41) is 0. The average Bonchev–Trinajstić information content (AvgIpc) is 3.42. The van der Waals surface area contributed by atoms with E-state index in [2.05, 4.69) is 106 Å². The first-order valence-corrected chi connectivity index (χ1v) is 32.6. The first kappa shape index (κ1) is 72.6. The third-order valence-corrected chi connectivity index (χ3v) is 14.1. The highest BCUT2D eigenvalue weighted by Crippen LogP contribution is 2.17. The van der Waals surface area contributed by atoms with Crippen LogP contribution in [0.25, 0.3) is 0 Å². The van der Waals surface area contributed by atoms with Crippen molar-refractivity contribution in [2.24, 2.45) is 0 Å². The van der Waals surface area contributed by atoms with Gasteiger partial charge in [0.15, 0.2) is 6.10 Å². The molecule has 0 aliphatic heterocycles. The third-order valence-electron chi connectivity index (χ3n) is 14.1. The molecule has 0 spiro atoms. The minimum absolute atomic E-state index is 0.0748. The number of hydrogen-bond acceptors (Lipinski definition) is 6. The molecule has 0 bridgehead atoms. The molecule has 1 atom stereocenters. The fraction of sp³-hybridized carbons (Fsp3) is 0.757. The number of carbonyl (C=O) groups is 3. The van der Waals surface area contributed by atoms with Gasteiger partial charge in [0, 0.05) is 19.3 Å². The molecule has 6 nitrogen and oxygen atoms in total. The van der Waals surface area contributed by atoms with Gasteiger partial charge in [-0.05, 0) is 96.3 Å². The lowest BCUT2D eigenvalue weighted by molar-refractivity contribution is -0.167. The molecule has 0 fully saturated rings. The summed E-state index contributed by atoms with van der Waals surface area (Å²) in [5.74, 6) is -0.871. The van der Waals surface area contributed by atoms with Crippen LogP contribution in [0.1, 0.15) is 323 Å². The number of allylic oxidation sites excluding steroid dienone is 14. The maximum Gasteiger partial charge on any atom is 0.306 e. The van der Waals surface area contributed by atoms with Gasteiger partial charge in [-0.1, -0.05) is 292 Å². The highest BCUT2D eigenvalue weighted by Gasteiger charge is 2.19. The molecule has 0 N–H and O–H groups in total. The number of carbonyl (C=O) groups excluding carboxylic acids is 3. The molecule has 0 aromatic rings. The molecular weight excluding hydrogens is 937 g/mol. The van der Waals surface area contributed by atoms with E-state index in [1.165, 1.54) is 180 Å². The van der Waals surface area contributed by atoms with Gasteiger partial charge in [0.05, 0.1) is 0 Å². The summed E-state index contributed by atoms with van der Waals surface area (Å²) >= 11 is 0. The second-order valence-electron chi connectivity index (χ2n) is 21.6. The van der Waals surface area contributed by atoms with E-state index in [-0.39, 0.29) is 31.1 Å². The molecule has 0 radical (unpaired) electrons. The fourth-order valence-corrected chi connectivity index (χ4v) is 9.27. The van der Waals surface area contributed by atoms with E-state index in [1.54, 1.807) is 0 Å². The Labute approximate surface area is 471 Å². The maximum atomic E-state index is 12.9. The highest BCUT2D eigenvalue weighted by atomic mass is 16.6. The largest absolute Gasteiger partial charge is 0.462 e. The summed E-state index contributed by atoms with van der Waals surface area (Å²) in [6.45, 7) is 6.52. The molecule has 6 heteroatoms. The average molecular weight is 1060 g/mol. The number of rotatable bonds is 59. The van der Waals surface area contributed by atoms with Crippen LogP contribution in [0.3, 0.4) is 0 Å². The van der Waals surface area contributed by atoms with E-state index in [9.17, 15) is 14.4 Å². The van der Waals surface area contributed by atoms with Crippen LogP contribution in [-0.4, -0.2) is 37.2 Å². The normalized spacial score (nSPS) is 12.6. The molecule has 0 aliphatic rings. The van der Waals surface area contributed by atoms with Gasteiger partial charge in [-0.2, -0.15) is 0 Å². The van der Waals surface area contributed by atoms with E-state index in [0.29, 0.717) is 19.3 Å². The Balaban J connectivity index is 4.12. The van der Waals surface area contributed by atoms with Crippen LogP contribution in [-0.2, 0) is 28.6 Å². The van der Waals surface area contributed by atoms with E-state index in [4.69, 9.17) is 14.2 Å². The van der Waals surface area contributed by atoms with Crippen molar-refractivity contribution >= 4 is 17.9 Å². The van der Waals surface area contributed by atoms with E-state index >= 15 is 0 Å². The van der Waals surface area contributed by atoms with Crippen LogP contribution >= 0.6 is 0 Å². The molecule has 438 valence electrons. The highest BCUT2D eigenvalue weighted by molar-refractivity contribution is 5.71. The topological polar surface area (TPSA) is 78.9 Å². The molecule has 76 heavy (non-hydrogen) atoms. The SMILES string of the molecule is CC/C=C\C/C=C\C/C=C\C/C=C\C/C=C\C/C=C\CCCCCCCCCCCCCCCCC(=O)OCC(COC(=O)CCCCCCC/C=C\CCCCC)OC(=O)CCCCCCCCCCCCCCC. The second kappa shape index (κ2) is 64.1. The van der Waals surface area contributed by atoms with Gasteiger partial charge in [-0.15, -0.1) is 0 Å². The van der Waals surface area contributed by atoms with Crippen molar-refractivity contribution in [3.63, 3.8) is 0 Å². The van der Waals surface area contributed by atoms with Crippen molar-refractivity contribution in [1.82, 2.24) is 0 Å². The summed E-state index contributed by atoms with van der Waals surface area (Å²) < 4.78 is 16.9. The predicted octanol–water partition coefficient (Wildman–Crippen LogP) is 22.3. The minimum atomic E-state index is -0.776. The summed E-state index contributed by atoms with van der Waals surface area (Å²) in [5.41, 5.74) is 0. The van der Waals surface area contributed by atoms with Crippen LogP contribution in [0.2, 0.25) is 0 Å². The quantitative estimate of drug-likeness (QED) is 0.0261. The maximum absolute atomic E-state index is 12.9. The molecule has 0 saturated carbocycles.